The number of carbonyl (C=O) groups is 5. The van der Waals surface area contributed by atoms with Crippen LogP contribution in [-0.2, 0) is 39.1 Å². The Morgan fingerprint density at radius 2 is 1.68 bits per heavy atom. The molecule has 3 heterocycles. The third kappa shape index (κ3) is 7.66. The number of aromatic nitrogens is 3. The van der Waals surface area contributed by atoms with Crippen molar-refractivity contribution in [2.45, 2.75) is 50.6 Å². The van der Waals surface area contributed by atoms with Gasteiger partial charge in [-0.3, -0.25) is 24.2 Å². The van der Waals surface area contributed by atoms with E-state index < -0.39 is 54.6 Å². The minimum atomic E-state index is -1.44. The number of nitrogens with two attached hydrogens (primary N) is 1. The van der Waals surface area contributed by atoms with E-state index in [1.54, 1.807) is 29.9 Å². The smallest absolute Gasteiger partial charge is 0.326 e. The average molecular weight is 577 g/mol. The van der Waals surface area contributed by atoms with Crippen molar-refractivity contribution in [3.8, 4) is 0 Å². The number of hydrogen-bond acceptors (Lipinski definition) is 9. The minimum absolute atomic E-state index is 0.0136. The Bertz CT molecular complexity index is 1510. The fourth-order valence-corrected chi connectivity index (χ4v) is 4.93. The number of nitrogens with one attached hydrogen (secondary N) is 3. The number of aromatic amines is 1. The van der Waals surface area contributed by atoms with Crippen LogP contribution in [-0.4, -0.2) is 71.7 Å². The topological polar surface area (TPSA) is 247 Å². The van der Waals surface area contributed by atoms with Crippen molar-refractivity contribution in [1.29, 1.82) is 0 Å². The van der Waals surface area contributed by atoms with E-state index in [9.17, 15) is 33.9 Å². The highest BCUT2D eigenvalue weighted by molar-refractivity contribution is 7.14. The highest BCUT2D eigenvalue weighted by atomic mass is 32.1. The molecule has 15 nitrogen and oxygen atoms in total. The van der Waals surface area contributed by atoms with E-state index in [4.69, 9.17) is 15.9 Å². The summed E-state index contributed by atoms with van der Waals surface area (Å²) < 4.78 is 1.70. The van der Waals surface area contributed by atoms with Gasteiger partial charge in [0.2, 0.25) is 11.9 Å². The third-order valence-corrected chi connectivity index (χ3v) is 7.14. The molecule has 3 rings (SSSR count). The molecule has 0 bridgehead atoms. The first kappa shape index (κ1) is 29.8. The van der Waals surface area contributed by atoms with Crippen LogP contribution in [0, 0.1) is 0 Å². The summed E-state index contributed by atoms with van der Waals surface area (Å²) in [5.41, 5.74) is 6.48. The van der Waals surface area contributed by atoms with Crippen molar-refractivity contribution < 1.29 is 39.3 Å². The second-order valence-corrected chi connectivity index (χ2v) is 10.1. The lowest BCUT2D eigenvalue weighted by Crippen LogP contribution is -2.44. The first-order valence-electron chi connectivity index (χ1n) is 12.1. The zero-order valence-corrected chi connectivity index (χ0v) is 22.1. The largest absolute Gasteiger partial charge is 0.481 e. The van der Waals surface area contributed by atoms with Crippen molar-refractivity contribution in [2.75, 3.05) is 5.73 Å². The number of carboxylic acids is 3. The van der Waals surface area contributed by atoms with Gasteiger partial charge in [0.15, 0.2) is 0 Å². The molecular weight excluding hydrogens is 548 g/mol. The Kier molecular flexibility index (Phi) is 9.60. The molecule has 0 spiro atoms. The molecule has 0 radical (unpaired) electrons. The van der Waals surface area contributed by atoms with E-state index in [0.717, 1.165) is 21.8 Å². The molecule has 40 heavy (non-hydrogen) atoms. The maximum atomic E-state index is 12.7. The molecule has 0 unspecified atom stereocenters. The minimum Gasteiger partial charge on any atom is -0.481 e. The lowest BCUT2D eigenvalue weighted by molar-refractivity contribution is -0.143. The van der Waals surface area contributed by atoms with Crippen LogP contribution in [0.5, 0.6) is 0 Å². The Morgan fingerprint density at radius 3 is 2.33 bits per heavy atom. The Hall–Kier alpha value is -4.73. The summed E-state index contributed by atoms with van der Waals surface area (Å²) in [6, 6.07) is 0.400. The predicted molar refractivity (Wildman–Crippen MR) is 142 cm³/mol. The summed E-state index contributed by atoms with van der Waals surface area (Å²) in [6.07, 6.45) is 1.23. The second kappa shape index (κ2) is 12.9. The Labute approximate surface area is 230 Å². The van der Waals surface area contributed by atoms with Gasteiger partial charge in [-0.25, -0.2) is 9.59 Å². The molecule has 2 amide bonds. The van der Waals surface area contributed by atoms with Gasteiger partial charge in [-0.1, -0.05) is 0 Å². The SMILES string of the molecule is Cn1cc(CCc2ccc(C(=O)N[C@@H](CCC(=O)N[C@@H](CCC(=O)O)C(=O)O)C(=O)O)s2)c2c(=O)[nH]c(N)nc21. The first-order valence-corrected chi connectivity index (χ1v) is 12.9. The molecule has 2 atom stereocenters. The van der Waals surface area contributed by atoms with Crippen molar-refractivity contribution in [3.05, 3.63) is 44.0 Å². The van der Waals surface area contributed by atoms with Gasteiger partial charge in [-0.05, 0) is 43.4 Å². The highest BCUT2D eigenvalue weighted by Crippen LogP contribution is 2.22. The normalized spacial score (nSPS) is 12.5. The average Bonchev–Trinajstić information content (AvgIpc) is 3.47. The van der Waals surface area contributed by atoms with E-state index in [0.29, 0.717) is 23.9 Å². The molecular formula is C24H28N6O9S. The molecule has 0 aliphatic carbocycles. The summed E-state index contributed by atoms with van der Waals surface area (Å²) in [7, 11) is 1.75. The summed E-state index contributed by atoms with van der Waals surface area (Å²) in [6.45, 7) is 0. The number of anilines is 1. The number of amides is 2. The number of fused-ring (bicyclic) bond motifs is 1. The molecule has 0 fully saturated rings. The fourth-order valence-electron chi connectivity index (χ4n) is 4.02. The van der Waals surface area contributed by atoms with Gasteiger partial charge in [-0.15, -0.1) is 11.3 Å². The predicted octanol–water partition coefficient (Wildman–Crippen LogP) is 0.0879. The van der Waals surface area contributed by atoms with Gasteiger partial charge in [0.25, 0.3) is 11.5 Å². The van der Waals surface area contributed by atoms with Crippen LogP contribution in [0.25, 0.3) is 11.0 Å². The van der Waals surface area contributed by atoms with Crippen molar-refractivity contribution >= 4 is 58.0 Å². The molecule has 0 saturated carbocycles. The van der Waals surface area contributed by atoms with E-state index >= 15 is 0 Å². The number of thiophene rings is 1. The van der Waals surface area contributed by atoms with Gasteiger partial charge in [0.05, 0.1) is 10.3 Å². The van der Waals surface area contributed by atoms with Crippen LogP contribution in [0.1, 0.15) is 45.8 Å². The summed E-state index contributed by atoms with van der Waals surface area (Å²) in [5, 5.41) is 32.3. The number of carboxylic acid groups (broad SMARTS) is 3. The third-order valence-electron chi connectivity index (χ3n) is 5.99. The zero-order valence-electron chi connectivity index (χ0n) is 21.3. The number of hydrogen-bond donors (Lipinski definition) is 7. The van der Waals surface area contributed by atoms with Gasteiger partial charge < -0.3 is 36.3 Å². The van der Waals surface area contributed by atoms with Gasteiger partial charge in [0.1, 0.15) is 17.7 Å². The maximum Gasteiger partial charge on any atom is 0.326 e. The molecule has 214 valence electrons. The lowest BCUT2D eigenvalue weighted by atomic mass is 10.1. The molecule has 0 aliphatic heterocycles. The molecule has 3 aromatic heterocycles. The molecule has 3 aromatic rings. The fraction of sp³-hybridized carbons (Fsp3) is 0.375. The highest BCUT2D eigenvalue weighted by Gasteiger charge is 2.25. The number of nitrogens with zero attached hydrogens (tertiary/aromatic N) is 2. The lowest BCUT2D eigenvalue weighted by Gasteiger charge is -2.16. The van der Waals surface area contributed by atoms with Crippen LogP contribution in [0.15, 0.2) is 23.1 Å². The number of H-pyrrole nitrogens is 1. The molecule has 0 aromatic carbocycles. The Morgan fingerprint density at radius 1 is 1.02 bits per heavy atom. The molecule has 0 aliphatic rings. The van der Waals surface area contributed by atoms with Crippen LogP contribution in [0.4, 0.5) is 5.95 Å². The number of aryl methyl sites for hydroxylation is 3. The van der Waals surface area contributed by atoms with Crippen LogP contribution >= 0.6 is 11.3 Å². The van der Waals surface area contributed by atoms with E-state index in [2.05, 4.69) is 20.6 Å². The van der Waals surface area contributed by atoms with Crippen LogP contribution in [0.3, 0.4) is 0 Å². The van der Waals surface area contributed by atoms with E-state index in [-0.39, 0.29) is 29.2 Å². The van der Waals surface area contributed by atoms with E-state index in [1.165, 1.54) is 0 Å². The van der Waals surface area contributed by atoms with Crippen LogP contribution < -0.4 is 21.9 Å². The number of rotatable bonds is 14. The quantitative estimate of drug-likeness (QED) is 0.135. The molecule has 16 heteroatoms. The molecule has 0 saturated heterocycles. The van der Waals surface area contributed by atoms with Crippen LogP contribution in [0.2, 0.25) is 0 Å². The Balaban J connectivity index is 1.57. The van der Waals surface area contributed by atoms with Gasteiger partial charge in [0, 0.05) is 31.0 Å². The summed E-state index contributed by atoms with van der Waals surface area (Å²) >= 11 is 1.15. The molecule has 8 N–H and O–H groups in total. The van der Waals surface area contributed by atoms with Gasteiger partial charge >= 0.3 is 17.9 Å². The van der Waals surface area contributed by atoms with Gasteiger partial charge in [-0.2, -0.15) is 4.98 Å². The maximum absolute atomic E-state index is 12.7. The zero-order chi connectivity index (χ0) is 29.6. The second-order valence-electron chi connectivity index (χ2n) is 8.97. The summed E-state index contributed by atoms with van der Waals surface area (Å²) in [4.78, 5) is 78.5. The van der Waals surface area contributed by atoms with Crippen molar-refractivity contribution in [2.24, 2.45) is 7.05 Å². The monoisotopic (exact) mass is 576 g/mol. The standard InChI is InChI=1S/C24H28N6O9S/c1-30-10-11(18-19(30)28-24(25)29-21(18)35)2-3-12-4-7-15(40-12)20(34)27-14(23(38)39)5-8-16(31)26-13(22(36)37)6-9-17(32)33/h4,7,10,13-14H,2-3,5-6,8-9H2,1H3,(H,26,31)(H,27,34)(H,32,33)(H,36,37)(H,38,39)(H3,25,28,29,35)/t13-,14-/m0/s1. The first-order chi connectivity index (χ1) is 18.8. The number of carbonyl (C=O) groups excluding carboxylic acids is 2. The number of nitrogen functional groups attached to an aromatic ring is 1. The summed E-state index contributed by atoms with van der Waals surface area (Å²) in [5.74, 6) is -5.46. The van der Waals surface area contributed by atoms with Crippen molar-refractivity contribution in [3.63, 3.8) is 0 Å². The van der Waals surface area contributed by atoms with E-state index in [1.807, 2.05) is 0 Å². The number of aliphatic carboxylic acids is 3. The van der Waals surface area contributed by atoms with Crippen molar-refractivity contribution in [1.82, 2.24) is 25.2 Å².